The predicted octanol–water partition coefficient (Wildman–Crippen LogP) is 1.50. The smallest absolute Gasteiger partial charge is 0.237 e. The first-order chi connectivity index (χ1) is 9.05. The van der Waals surface area contributed by atoms with Crippen molar-refractivity contribution in [3.63, 3.8) is 0 Å². The number of benzene rings is 1. The average Bonchev–Trinajstić information content (AvgIpc) is 2.47. The fourth-order valence-electron chi connectivity index (χ4n) is 2.09. The minimum absolute atomic E-state index is 0.387. The molecule has 0 aromatic heterocycles. The Morgan fingerprint density at radius 1 is 1.26 bits per heavy atom. The van der Waals surface area contributed by atoms with Gasteiger partial charge in [0, 0.05) is 20.3 Å². The molecule has 0 atom stereocenters. The molecule has 19 heavy (non-hydrogen) atoms. The van der Waals surface area contributed by atoms with Crippen LogP contribution in [0.4, 0.5) is 5.69 Å². The number of hydrogen-bond acceptors (Lipinski definition) is 4. The van der Waals surface area contributed by atoms with Gasteiger partial charge in [0.2, 0.25) is 10.0 Å². The Balaban J connectivity index is 2.21. The van der Waals surface area contributed by atoms with Gasteiger partial charge in [-0.05, 0) is 37.1 Å². The molecule has 1 aromatic rings. The van der Waals surface area contributed by atoms with Crippen LogP contribution in [0.2, 0.25) is 0 Å². The lowest BCUT2D eigenvalue weighted by Gasteiger charge is -2.28. The minimum atomic E-state index is -3.36. The molecule has 0 spiro atoms. The van der Waals surface area contributed by atoms with Crippen LogP contribution >= 0.6 is 0 Å². The van der Waals surface area contributed by atoms with E-state index >= 15 is 0 Å². The van der Waals surface area contributed by atoms with Gasteiger partial charge in [0.15, 0.2) is 0 Å². The topological polar surface area (TPSA) is 70.4 Å². The number of anilines is 1. The maximum atomic E-state index is 12.4. The van der Waals surface area contributed by atoms with E-state index < -0.39 is 10.0 Å². The Morgan fingerprint density at radius 2 is 1.84 bits per heavy atom. The van der Waals surface area contributed by atoms with Crippen LogP contribution in [0.1, 0.15) is 18.4 Å². The summed E-state index contributed by atoms with van der Waals surface area (Å²) in [5, 5.41) is 8.35. The number of sulfonamides is 1. The van der Waals surface area contributed by atoms with Gasteiger partial charge in [-0.3, -0.25) is 4.31 Å². The molecular weight excluding hydrogens is 264 g/mol. The molecule has 1 heterocycles. The van der Waals surface area contributed by atoms with E-state index in [4.69, 9.17) is 10.00 Å². The van der Waals surface area contributed by atoms with Crippen molar-refractivity contribution in [2.24, 2.45) is 0 Å². The van der Waals surface area contributed by atoms with E-state index in [1.165, 1.54) is 4.31 Å². The molecule has 0 bridgehead atoms. The fraction of sp³-hybridized carbons (Fsp3) is 0.462. The van der Waals surface area contributed by atoms with Crippen molar-refractivity contribution in [1.82, 2.24) is 0 Å². The summed E-state index contributed by atoms with van der Waals surface area (Å²) in [6.07, 6.45) is 1.06. The second-order valence-corrected chi connectivity index (χ2v) is 6.73. The van der Waals surface area contributed by atoms with Gasteiger partial charge in [-0.25, -0.2) is 8.42 Å². The summed E-state index contributed by atoms with van der Waals surface area (Å²) in [7, 11) is -1.82. The second-order valence-electron chi connectivity index (χ2n) is 4.48. The van der Waals surface area contributed by atoms with Gasteiger partial charge in [0.1, 0.15) is 0 Å². The summed E-state index contributed by atoms with van der Waals surface area (Å²) >= 11 is 0. The maximum absolute atomic E-state index is 12.4. The fourth-order valence-corrected chi connectivity index (χ4v) is 3.74. The molecule has 0 radical (unpaired) electrons. The Morgan fingerprint density at radius 3 is 2.37 bits per heavy atom. The van der Waals surface area contributed by atoms with E-state index in [0.29, 0.717) is 37.3 Å². The third-order valence-corrected chi connectivity index (χ3v) is 5.62. The Labute approximate surface area is 113 Å². The highest BCUT2D eigenvalue weighted by molar-refractivity contribution is 7.93. The number of ether oxygens (including phenoxy) is 1. The second kappa shape index (κ2) is 5.59. The molecule has 1 aromatic carbocycles. The molecule has 0 amide bonds. The molecule has 2 rings (SSSR count). The van der Waals surface area contributed by atoms with Crippen LogP contribution < -0.4 is 4.31 Å². The minimum Gasteiger partial charge on any atom is -0.381 e. The molecule has 5 nitrogen and oxygen atoms in total. The largest absolute Gasteiger partial charge is 0.381 e. The maximum Gasteiger partial charge on any atom is 0.237 e. The Bertz CT molecular complexity index is 569. The van der Waals surface area contributed by atoms with Crippen LogP contribution in [0.25, 0.3) is 0 Å². The highest BCUT2D eigenvalue weighted by Crippen LogP contribution is 2.24. The molecule has 1 aliphatic rings. The monoisotopic (exact) mass is 280 g/mol. The summed E-state index contributed by atoms with van der Waals surface area (Å²) in [6.45, 7) is 0.982. The summed E-state index contributed by atoms with van der Waals surface area (Å²) in [6, 6.07) is 8.54. The lowest BCUT2D eigenvalue weighted by molar-refractivity contribution is 0.0983. The van der Waals surface area contributed by atoms with Gasteiger partial charge < -0.3 is 4.74 Å². The molecule has 6 heteroatoms. The highest BCUT2D eigenvalue weighted by atomic mass is 32.2. The first kappa shape index (κ1) is 13.8. The third kappa shape index (κ3) is 2.88. The zero-order chi connectivity index (χ0) is 13.9. The Hall–Kier alpha value is -1.58. The number of rotatable bonds is 3. The molecule has 102 valence electrons. The normalized spacial score (nSPS) is 16.8. The van der Waals surface area contributed by atoms with Crippen molar-refractivity contribution in [3.8, 4) is 6.07 Å². The van der Waals surface area contributed by atoms with E-state index in [9.17, 15) is 8.42 Å². The van der Waals surface area contributed by atoms with Crippen molar-refractivity contribution in [2.45, 2.75) is 18.1 Å². The summed E-state index contributed by atoms with van der Waals surface area (Å²) in [5.41, 5.74) is 1.09. The molecule has 0 saturated carbocycles. The van der Waals surface area contributed by atoms with Gasteiger partial charge in [-0.15, -0.1) is 0 Å². The van der Waals surface area contributed by atoms with Crippen molar-refractivity contribution < 1.29 is 13.2 Å². The van der Waals surface area contributed by atoms with Crippen LogP contribution in [-0.2, 0) is 14.8 Å². The van der Waals surface area contributed by atoms with E-state index in [0.717, 1.165) is 0 Å². The number of nitriles is 1. The summed E-state index contributed by atoms with van der Waals surface area (Å²) in [4.78, 5) is 0. The lowest BCUT2D eigenvalue weighted by Crippen LogP contribution is -2.39. The first-order valence-corrected chi connectivity index (χ1v) is 7.61. The van der Waals surface area contributed by atoms with Crippen LogP contribution in [0.15, 0.2) is 24.3 Å². The molecule has 1 saturated heterocycles. The number of hydrogen-bond donors (Lipinski definition) is 0. The summed E-state index contributed by atoms with van der Waals surface area (Å²) in [5.74, 6) is 0. The van der Waals surface area contributed by atoms with Crippen molar-refractivity contribution in [1.29, 1.82) is 5.26 Å². The van der Waals surface area contributed by atoms with E-state index in [-0.39, 0.29) is 5.25 Å². The van der Waals surface area contributed by atoms with Gasteiger partial charge in [0.05, 0.1) is 22.6 Å². The third-order valence-electron chi connectivity index (χ3n) is 3.33. The van der Waals surface area contributed by atoms with Gasteiger partial charge in [0.25, 0.3) is 0 Å². The van der Waals surface area contributed by atoms with Crippen molar-refractivity contribution in [3.05, 3.63) is 29.8 Å². The molecule has 0 unspecified atom stereocenters. The van der Waals surface area contributed by atoms with Gasteiger partial charge in [-0.2, -0.15) is 5.26 Å². The van der Waals surface area contributed by atoms with E-state index in [1.807, 2.05) is 6.07 Å². The van der Waals surface area contributed by atoms with E-state index in [2.05, 4.69) is 0 Å². The van der Waals surface area contributed by atoms with Crippen molar-refractivity contribution in [2.75, 3.05) is 24.6 Å². The zero-order valence-corrected chi connectivity index (χ0v) is 11.6. The SMILES string of the molecule is CN(c1ccc(C#N)cc1)S(=O)(=O)C1CCOCC1. The zero-order valence-electron chi connectivity index (χ0n) is 10.7. The van der Waals surface area contributed by atoms with Crippen LogP contribution in [-0.4, -0.2) is 33.9 Å². The predicted molar refractivity (Wildman–Crippen MR) is 72.3 cm³/mol. The number of nitrogens with zero attached hydrogens (tertiary/aromatic N) is 2. The quantitative estimate of drug-likeness (QED) is 0.841. The molecule has 1 fully saturated rings. The van der Waals surface area contributed by atoms with Crippen LogP contribution in [0, 0.1) is 11.3 Å². The standard InChI is InChI=1S/C13H16N2O3S/c1-15(12-4-2-11(10-14)3-5-12)19(16,17)13-6-8-18-9-7-13/h2-5,13H,6-9H2,1H3. The van der Waals surface area contributed by atoms with E-state index in [1.54, 1.807) is 31.3 Å². The molecular formula is C13H16N2O3S. The highest BCUT2D eigenvalue weighted by Gasteiger charge is 2.31. The molecule has 0 N–H and O–H groups in total. The summed E-state index contributed by atoms with van der Waals surface area (Å²) < 4.78 is 31.4. The Kier molecular flexibility index (Phi) is 4.08. The lowest BCUT2D eigenvalue weighted by atomic mass is 10.2. The van der Waals surface area contributed by atoms with Gasteiger partial charge in [-0.1, -0.05) is 0 Å². The van der Waals surface area contributed by atoms with Gasteiger partial charge >= 0.3 is 0 Å². The van der Waals surface area contributed by atoms with Crippen LogP contribution in [0.5, 0.6) is 0 Å². The average molecular weight is 280 g/mol. The molecule has 0 aliphatic carbocycles. The van der Waals surface area contributed by atoms with Crippen molar-refractivity contribution >= 4 is 15.7 Å². The first-order valence-electron chi connectivity index (χ1n) is 6.11. The molecule has 1 aliphatic heterocycles. The van der Waals surface area contributed by atoms with Crippen LogP contribution in [0.3, 0.4) is 0 Å².